The molecule has 1 heteroatoms. The second kappa shape index (κ2) is 6.68. The Balaban J connectivity index is 2.09. The third-order valence-electron chi connectivity index (χ3n) is 5.13. The highest BCUT2D eigenvalue weighted by molar-refractivity contribution is 6.14. The highest BCUT2D eigenvalue weighted by atomic mass is 14.3. The molecule has 0 amide bonds. The van der Waals surface area contributed by atoms with Gasteiger partial charge in [-0.1, -0.05) is 61.9 Å². The molecule has 124 valence electrons. The molecule has 0 bridgehead atoms. The zero-order chi connectivity index (χ0) is 17.2. The van der Waals surface area contributed by atoms with E-state index in [9.17, 15) is 0 Å². The molecule has 0 aromatic heterocycles. The van der Waals surface area contributed by atoms with Crippen LogP contribution in [0.5, 0.6) is 0 Å². The zero-order valence-corrected chi connectivity index (χ0v) is 14.7. The van der Waals surface area contributed by atoms with Crippen LogP contribution in [0.4, 0.5) is 0 Å². The summed E-state index contributed by atoms with van der Waals surface area (Å²) < 4.78 is 0. The first-order valence-corrected chi connectivity index (χ1v) is 9.18. The van der Waals surface area contributed by atoms with Gasteiger partial charge in [-0.2, -0.15) is 0 Å². The van der Waals surface area contributed by atoms with Crippen molar-refractivity contribution in [2.24, 2.45) is 0 Å². The molecule has 1 N–H and O–H groups in total. The largest absolute Gasteiger partial charge is 0.308 e. The molecular weight excluding hydrogens is 302 g/mol. The Morgan fingerprint density at radius 2 is 1.80 bits per heavy atom. The SMILES string of the molecule is CCC/C=C\c1cc2c(cc1C=N)c1c(c3ccccc32)C=CCC1. The van der Waals surface area contributed by atoms with Crippen molar-refractivity contribution in [1.82, 2.24) is 0 Å². The lowest BCUT2D eigenvalue weighted by atomic mass is 9.85. The predicted molar refractivity (Wildman–Crippen MR) is 111 cm³/mol. The van der Waals surface area contributed by atoms with E-state index < -0.39 is 0 Å². The minimum atomic E-state index is 1.01. The van der Waals surface area contributed by atoms with Gasteiger partial charge in [-0.15, -0.1) is 0 Å². The molecule has 0 saturated carbocycles. The van der Waals surface area contributed by atoms with Crippen molar-refractivity contribution in [2.45, 2.75) is 32.6 Å². The summed E-state index contributed by atoms with van der Waals surface area (Å²) in [4.78, 5) is 0. The summed E-state index contributed by atoms with van der Waals surface area (Å²) in [5, 5.41) is 13.1. The van der Waals surface area contributed by atoms with Crippen molar-refractivity contribution in [2.75, 3.05) is 0 Å². The molecule has 0 saturated heterocycles. The number of fused-ring (bicyclic) bond motifs is 6. The Morgan fingerprint density at radius 1 is 1.00 bits per heavy atom. The second-order valence-corrected chi connectivity index (χ2v) is 6.74. The molecule has 0 atom stereocenters. The van der Waals surface area contributed by atoms with E-state index in [1.807, 2.05) is 0 Å². The summed E-state index contributed by atoms with van der Waals surface area (Å²) in [6, 6.07) is 13.2. The van der Waals surface area contributed by atoms with E-state index in [4.69, 9.17) is 5.41 Å². The van der Waals surface area contributed by atoms with Gasteiger partial charge in [-0.3, -0.25) is 0 Å². The Bertz CT molecular complexity index is 1020. The van der Waals surface area contributed by atoms with E-state index in [0.29, 0.717) is 0 Å². The molecular formula is C24H23N. The first-order valence-electron chi connectivity index (χ1n) is 9.18. The average molecular weight is 325 g/mol. The molecule has 3 aromatic rings. The molecule has 1 nitrogen and oxygen atoms in total. The number of aryl methyl sites for hydroxylation is 1. The molecule has 25 heavy (non-hydrogen) atoms. The lowest BCUT2D eigenvalue weighted by Gasteiger charge is -2.19. The van der Waals surface area contributed by atoms with Crippen molar-refractivity contribution in [3.63, 3.8) is 0 Å². The quantitative estimate of drug-likeness (QED) is 0.404. The topological polar surface area (TPSA) is 23.9 Å². The maximum atomic E-state index is 7.87. The fourth-order valence-corrected chi connectivity index (χ4v) is 3.90. The predicted octanol–water partition coefficient (Wildman–Crippen LogP) is 6.76. The van der Waals surface area contributed by atoms with Crippen LogP contribution in [-0.4, -0.2) is 6.21 Å². The van der Waals surface area contributed by atoms with Crippen LogP contribution in [0.25, 0.3) is 33.7 Å². The summed E-state index contributed by atoms with van der Waals surface area (Å²) in [5.41, 5.74) is 4.95. The Kier molecular flexibility index (Phi) is 4.23. The van der Waals surface area contributed by atoms with Crippen LogP contribution in [0.15, 0.2) is 48.6 Å². The average Bonchev–Trinajstić information content (AvgIpc) is 2.68. The van der Waals surface area contributed by atoms with Gasteiger partial charge in [0.2, 0.25) is 0 Å². The second-order valence-electron chi connectivity index (χ2n) is 6.74. The fourth-order valence-electron chi connectivity index (χ4n) is 3.90. The van der Waals surface area contributed by atoms with Gasteiger partial charge in [0, 0.05) is 6.21 Å². The lowest BCUT2D eigenvalue weighted by molar-refractivity contribution is 0.962. The van der Waals surface area contributed by atoms with Crippen LogP contribution >= 0.6 is 0 Å². The number of hydrogen-bond donors (Lipinski definition) is 1. The van der Waals surface area contributed by atoms with Gasteiger partial charge in [0.1, 0.15) is 0 Å². The number of benzene rings is 3. The highest BCUT2D eigenvalue weighted by Crippen LogP contribution is 2.37. The van der Waals surface area contributed by atoms with Gasteiger partial charge >= 0.3 is 0 Å². The molecule has 0 heterocycles. The van der Waals surface area contributed by atoms with Crippen LogP contribution < -0.4 is 0 Å². The van der Waals surface area contributed by atoms with Crippen LogP contribution in [0, 0.1) is 5.41 Å². The van der Waals surface area contributed by atoms with E-state index in [-0.39, 0.29) is 0 Å². The van der Waals surface area contributed by atoms with Gasteiger partial charge in [0.05, 0.1) is 0 Å². The maximum Gasteiger partial charge on any atom is 0.0256 e. The third kappa shape index (κ3) is 2.70. The lowest BCUT2D eigenvalue weighted by Crippen LogP contribution is -1.99. The van der Waals surface area contributed by atoms with Gasteiger partial charge in [-0.25, -0.2) is 0 Å². The van der Waals surface area contributed by atoms with Gasteiger partial charge in [0.25, 0.3) is 0 Å². The minimum absolute atomic E-state index is 1.01. The molecule has 0 spiro atoms. The zero-order valence-electron chi connectivity index (χ0n) is 14.7. The highest BCUT2D eigenvalue weighted by Gasteiger charge is 2.15. The molecule has 0 unspecified atom stereocenters. The van der Waals surface area contributed by atoms with E-state index in [1.165, 1.54) is 38.9 Å². The monoisotopic (exact) mass is 325 g/mol. The number of rotatable bonds is 4. The summed E-state index contributed by atoms with van der Waals surface area (Å²) in [7, 11) is 0. The van der Waals surface area contributed by atoms with E-state index >= 15 is 0 Å². The fraction of sp³-hybridized carbons (Fsp3) is 0.208. The number of hydrogen-bond acceptors (Lipinski definition) is 1. The van der Waals surface area contributed by atoms with E-state index in [2.05, 4.69) is 67.6 Å². The number of nitrogens with one attached hydrogen (secondary N) is 1. The molecule has 0 aliphatic heterocycles. The Labute approximate surface area is 149 Å². The Morgan fingerprint density at radius 3 is 2.60 bits per heavy atom. The first kappa shape index (κ1) is 15.8. The van der Waals surface area contributed by atoms with Crippen LogP contribution in [0.2, 0.25) is 0 Å². The van der Waals surface area contributed by atoms with Crippen molar-refractivity contribution < 1.29 is 0 Å². The van der Waals surface area contributed by atoms with Gasteiger partial charge in [0.15, 0.2) is 0 Å². The maximum absolute atomic E-state index is 7.87. The summed E-state index contributed by atoms with van der Waals surface area (Å²) >= 11 is 0. The smallest absolute Gasteiger partial charge is 0.0256 e. The van der Waals surface area contributed by atoms with Gasteiger partial charge < -0.3 is 5.41 Å². The van der Waals surface area contributed by atoms with Crippen molar-refractivity contribution >= 4 is 39.9 Å². The van der Waals surface area contributed by atoms with E-state index in [0.717, 1.165) is 36.8 Å². The molecule has 1 aliphatic rings. The van der Waals surface area contributed by atoms with Crippen molar-refractivity contribution in [3.05, 3.63) is 70.8 Å². The standard InChI is InChI=1S/C24H23N/c1-2-3-4-9-17-14-23-21-12-7-5-10-19(21)20-11-6-8-13-22(20)24(23)15-18(17)16-25/h4-7,9-12,14-16,25H,2-3,8,13H2,1H3/b9-4-,25-16?. The normalized spacial score (nSPS) is 13.6. The van der Waals surface area contributed by atoms with Gasteiger partial charge in [-0.05, 0) is 75.2 Å². The molecule has 0 fully saturated rings. The summed E-state index contributed by atoms with van der Waals surface area (Å²) in [5.74, 6) is 0. The first-order chi connectivity index (χ1) is 12.3. The van der Waals surface area contributed by atoms with Crippen molar-refractivity contribution in [1.29, 1.82) is 5.41 Å². The summed E-state index contributed by atoms with van der Waals surface area (Å²) in [6.07, 6.45) is 14.8. The number of allylic oxidation sites excluding steroid dienone is 2. The van der Waals surface area contributed by atoms with E-state index in [1.54, 1.807) is 0 Å². The van der Waals surface area contributed by atoms with Crippen LogP contribution in [-0.2, 0) is 6.42 Å². The minimum Gasteiger partial charge on any atom is -0.308 e. The Hall–Kier alpha value is -2.67. The molecule has 0 radical (unpaired) electrons. The summed E-state index contributed by atoms with van der Waals surface area (Å²) in [6.45, 7) is 2.19. The number of unbranched alkanes of at least 4 members (excludes halogenated alkanes) is 1. The van der Waals surface area contributed by atoms with Crippen LogP contribution in [0.3, 0.4) is 0 Å². The molecule has 3 aromatic carbocycles. The molecule has 1 aliphatic carbocycles. The van der Waals surface area contributed by atoms with Crippen LogP contribution in [0.1, 0.15) is 48.4 Å². The molecule has 4 rings (SSSR count). The third-order valence-corrected chi connectivity index (χ3v) is 5.13. The van der Waals surface area contributed by atoms with Crippen molar-refractivity contribution in [3.8, 4) is 0 Å².